The van der Waals surface area contributed by atoms with Gasteiger partial charge in [-0.25, -0.2) is 8.78 Å². The summed E-state index contributed by atoms with van der Waals surface area (Å²) < 4.78 is 29.2. The summed E-state index contributed by atoms with van der Waals surface area (Å²) in [5.41, 5.74) is 0.547. The van der Waals surface area contributed by atoms with Gasteiger partial charge in [-0.15, -0.1) is 0 Å². The average molecular weight is 431 g/mol. The molecule has 2 amide bonds. The second-order valence-electron chi connectivity index (χ2n) is 6.01. The van der Waals surface area contributed by atoms with Crippen LogP contribution in [0.3, 0.4) is 0 Å². The minimum atomic E-state index is -2.73. The summed E-state index contributed by atoms with van der Waals surface area (Å²) in [6.07, 6.45) is 0.508. The maximum absolute atomic E-state index is 13.1. The molecule has 26 heavy (non-hydrogen) atoms. The molecule has 1 aliphatic carbocycles. The van der Waals surface area contributed by atoms with Crippen LogP contribution >= 0.6 is 15.9 Å². The average Bonchev–Trinajstić information content (AvgIpc) is 3.26. The van der Waals surface area contributed by atoms with Crippen molar-refractivity contribution in [2.24, 2.45) is 7.05 Å². The molecule has 2 N–H and O–H groups in total. The molecule has 1 fully saturated rings. The molecule has 11 heteroatoms. The molecular weight excluding hydrogens is 414 g/mol. The molecule has 0 radical (unpaired) electrons. The highest BCUT2D eigenvalue weighted by Crippen LogP contribution is 2.45. The zero-order valence-corrected chi connectivity index (χ0v) is 15.7. The molecule has 1 saturated carbocycles. The first-order valence-corrected chi connectivity index (χ1v) is 8.71. The molecule has 8 nitrogen and oxygen atoms in total. The van der Waals surface area contributed by atoms with Crippen molar-refractivity contribution in [1.82, 2.24) is 24.9 Å². The number of hydrogen-bond donors (Lipinski definition) is 2. The van der Waals surface area contributed by atoms with Crippen LogP contribution in [0.1, 0.15) is 47.1 Å². The first-order chi connectivity index (χ1) is 12.3. The van der Waals surface area contributed by atoms with Crippen molar-refractivity contribution in [2.75, 3.05) is 12.4 Å². The summed E-state index contributed by atoms with van der Waals surface area (Å²) in [6.45, 7) is -0.237. The van der Waals surface area contributed by atoms with Crippen LogP contribution in [-0.4, -0.2) is 38.4 Å². The van der Waals surface area contributed by atoms with Gasteiger partial charge in [-0.3, -0.25) is 19.0 Å². The summed E-state index contributed by atoms with van der Waals surface area (Å²) >= 11 is 3.18. The first-order valence-electron chi connectivity index (χ1n) is 7.91. The molecule has 0 unspecified atom stereocenters. The molecule has 3 rings (SSSR count). The summed E-state index contributed by atoms with van der Waals surface area (Å²) in [5.74, 6) is -0.806. The van der Waals surface area contributed by atoms with Gasteiger partial charge in [0, 0.05) is 26.2 Å². The second-order valence-corrected chi connectivity index (χ2v) is 6.80. The quantitative estimate of drug-likeness (QED) is 0.734. The smallest absolute Gasteiger partial charge is 0.283 e. The van der Waals surface area contributed by atoms with Crippen molar-refractivity contribution in [1.29, 1.82) is 0 Å². The Morgan fingerprint density at radius 1 is 1.38 bits per heavy atom. The molecule has 2 aromatic rings. The number of rotatable bonds is 6. The number of alkyl halides is 2. The van der Waals surface area contributed by atoms with E-state index in [1.165, 1.54) is 22.6 Å². The lowest BCUT2D eigenvalue weighted by Crippen LogP contribution is -2.24. The third-order valence-electron chi connectivity index (χ3n) is 3.97. The SMILES string of the molecule is CNC(=O)c1nn(C)cc1NC(=O)Cn1nc(C(F)F)c(Br)c1C1CC1. The van der Waals surface area contributed by atoms with Gasteiger partial charge in [-0.1, -0.05) is 0 Å². The van der Waals surface area contributed by atoms with Gasteiger partial charge >= 0.3 is 0 Å². The lowest BCUT2D eigenvalue weighted by atomic mass is 10.2. The molecule has 0 aromatic carbocycles. The number of amides is 2. The number of nitrogens with zero attached hydrogens (tertiary/aromatic N) is 4. The van der Waals surface area contributed by atoms with Crippen molar-refractivity contribution in [3.8, 4) is 0 Å². The van der Waals surface area contributed by atoms with E-state index in [9.17, 15) is 18.4 Å². The standard InChI is InChI=1S/C15H17BrF2N6O2/c1-19-15(26)11-8(5-23(2)21-11)20-9(25)6-24-13(7-3-4-7)10(16)12(22-24)14(17)18/h5,7,14H,3-4,6H2,1-2H3,(H,19,26)(H,20,25). The van der Waals surface area contributed by atoms with Crippen molar-refractivity contribution in [2.45, 2.75) is 31.7 Å². The molecule has 140 valence electrons. The van der Waals surface area contributed by atoms with Crippen LogP contribution in [-0.2, 0) is 18.4 Å². The van der Waals surface area contributed by atoms with Crippen LogP contribution in [0.15, 0.2) is 10.7 Å². The summed E-state index contributed by atoms with van der Waals surface area (Å²) in [6, 6.07) is 0. The number of nitrogens with one attached hydrogen (secondary N) is 2. The Labute approximate surface area is 156 Å². The van der Waals surface area contributed by atoms with E-state index in [2.05, 4.69) is 36.8 Å². The minimum absolute atomic E-state index is 0.0701. The van der Waals surface area contributed by atoms with E-state index in [4.69, 9.17) is 0 Å². The Bertz CT molecular complexity index is 859. The number of halogens is 3. The normalized spacial score (nSPS) is 13.9. The Morgan fingerprint density at radius 3 is 2.65 bits per heavy atom. The maximum Gasteiger partial charge on any atom is 0.283 e. The molecule has 0 atom stereocenters. The Hall–Kier alpha value is -2.30. The van der Waals surface area contributed by atoms with E-state index >= 15 is 0 Å². The van der Waals surface area contributed by atoms with Gasteiger partial charge in [-0.2, -0.15) is 10.2 Å². The number of hydrogen-bond acceptors (Lipinski definition) is 4. The van der Waals surface area contributed by atoms with E-state index in [-0.39, 0.29) is 34.0 Å². The number of anilines is 1. The van der Waals surface area contributed by atoms with Crippen molar-refractivity contribution in [3.63, 3.8) is 0 Å². The van der Waals surface area contributed by atoms with E-state index in [0.29, 0.717) is 5.69 Å². The highest BCUT2D eigenvalue weighted by Gasteiger charge is 2.34. The summed E-state index contributed by atoms with van der Waals surface area (Å²) in [4.78, 5) is 24.2. The topological polar surface area (TPSA) is 93.8 Å². The van der Waals surface area contributed by atoms with Gasteiger partial charge < -0.3 is 10.6 Å². The number of aryl methyl sites for hydroxylation is 1. The lowest BCUT2D eigenvalue weighted by molar-refractivity contribution is -0.117. The zero-order chi connectivity index (χ0) is 19.0. The zero-order valence-electron chi connectivity index (χ0n) is 14.1. The molecule has 0 spiro atoms. The molecule has 0 aliphatic heterocycles. The molecular formula is C15H17BrF2N6O2. The van der Waals surface area contributed by atoms with E-state index in [1.807, 2.05) is 0 Å². The fourth-order valence-electron chi connectivity index (χ4n) is 2.67. The fourth-order valence-corrected chi connectivity index (χ4v) is 3.45. The molecule has 0 saturated heterocycles. The van der Waals surface area contributed by atoms with Gasteiger partial charge in [0.15, 0.2) is 5.69 Å². The molecule has 1 aliphatic rings. The van der Waals surface area contributed by atoms with Crippen LogP contribution in [0, 0.1) is 0 Å². The van der Waals surface area contributed by atoms with Crippen molar-refractivity contribution >= 4 is 33.4 Å². The Morgan fingerprint density at radius 2 is 2.08 bits per heavy atom. The summed E-state index contributed by atoms with van der Waals surface area (Å²) in [7, 11) is 3.07. The Kier molecular flexibility index (Phi) is 5.08. The molecule has 0 bridgehead atoms. The predicted octanol–water partition coefficient (Wildman–Crippen LogP) is 2.19. The molecule has 2 heterocycles. The first kappa shape index (κ1) is 18.5. The third-order valence-corrected chi connectivity index (χ3v) is 4.78. The van der Waals surface area contributed by atoms with Crippen LogP contribution in [0.5, 0.6) is 0 Å². The van der Waals surface area contributed by atoms with Crippen molar-refractivity contribution < 1.29 is 18.4 Å². The minimum Gasteiger partial charge on any atom is -0.354 e. The number of aromatic nitrogens is 4. The Balaban J connectivity index is 1.81. The van der Waals surface area contributed by atoms with E-state index < -0.39 is 18.2 Å². The van der Waals surface area contributed by atoms with E-state index in [0.717, 1.165) is 12.8 Å². The largest absolute Gasteiger partial charge is 0.354 e. The van der Waals surface area contributed by atoms with Crippen LogP contribution in [0.25, 0.3) is 0 Å². The lowest BCUT2D eigenvalue weighted by Gasteiger charge is -2.08. The third kappa shape index (κ3) is 3.62. The number of carbonyl (C=O) groups excluding carboxylic acids is 2. The summed E-state index contributed by atoms with van der Waals surface area (Å²) in [5, 5.41) is 12.9. The van der Waals surface area contributed by atoms with Crippen LogP contribution in [0.2, 0.25) is 0 Å². The maximum atomic E-state index is 13.1. The predicted molar refractivity (Wildman–Crippen MR) is 92.1 cm³/mol. The van der Waals surface area contributed by atoms with Gasteiger partial charge in [0.05, 0.1) is 15.9 Å². The van der Waals surface area contributed by atoms with Gasteiger partial charge in [0.1, 0.15) is 12.2 Å². The van der Waals surface area contributed by atoms with Crippen molar-refractivity contribution in [3.05, 3.63) is 27.8 Å². The second kappa shape index (κ2) is 7.14. The number of carbonyl (C=O) groups is 2. The molecule has 2 aromatic heterocycles. The van der Waals surface area contributed by atoms with Gasteiger partial charge in [-0.05, 0) is 28.8 Å². The van der Waals surface area contributed by atoms with Crippen LogP contribution in [0.4, 0.5) is 14.5 Å². The monoisotopic (exact) mass is 430 g/mol. The highest BCUT2D eigenvalue weighted by molar-refractivity contribution is 9.10. The van der Waals surface area contributed by atoms with Gasteiger partial charge in [0.2, 0.25) is 5.91 Å². The fraction of sp³-hybridized carbons (Fsp3) is 0.467. The van der Waals surface area contributed by atoms with E-state index in [1.54, 1.807) is 7.05 Å². The van der Waals surface area contributed by atoms with Crippen LogP contribution < -0.4 is 10.6 Å². The van der Waals surface area contributed by atoms with Gasteiger partial charge in [0.25, 0.3) is 12.3 Å². The highest BCUT2D eigenvalue weighted by atomic mass is 79.9.